The fraction of sp³-hybridized carbons (Fsp3) is 0.391. The molecule has 6 heteroatoms. The highest BCUT2D eigenvalue weighted by Crippen LogP contribution is 2.34. The largest absolute Gasteiger partial charge is 0.315 e. The first kappa shape index (κ1) is 19.9. The summed E-state index contributed by atoms with van der Waals surface area (Å²) < 4.78 is 4.12. The molecule has 0 atom stereocenters. The zero-order valence-electron chi connectivity index (χ0n) is 17.3. The van der Waals surface area contributed by atoms with Crippen molar-refractivity contribution < 1.29 is 0 Å². The Morgan fingerprint density at radius 3 is 2.52 bits per heavy atom. The molecule has 1 aromatic carbocycles. The fourth-order valence-electron chi connectivity index (χ4n) is 4.36. The third kappa shape index (κ3) is 4.31. The third-order valence-electron chi connectivity index (χ3n) is 5.89. The Bertz CT molecular complexity index is 991. The van der Waals surface area contributed by atoms with Crippen molar-refractivity contribution in [1.29, 1.82) is 0 Å². The smallest absolute Gasteiger partial charge is 0.0666 e. The van der Waals surface area contributed by atoms with E-state index in [0.29, 0.717) is 5.92 Å². The second-order valence-electron chi connectivity index (χ2n) is 7.90. The highest BCUT2D eigenvalue weighted by molar-refractivity contribution is 6.30. The van der Waals surface area contributed by atoms with Crippen molar-refractivity contribution in [2.24, 2.45) is 12.0 Å². The summed E-state index contributed by atoms with van der Waals surface area (Å²) in [5.74, 6) is 0.581. The van der Waals surface area contributed by atoms with E-state index in [0.717, 1.165) is 36.0 Å². The molecule has 1 saturated heterocycles. The van der Waals surface area contributed by atoms with E-state index in [9.17, 15) is 0 Å². The van der Waals surface area contributed by atoms with Gasteiger partial charge in [-0.2, -0.15) is 5.10 Å². The van der Waals surface area contributed by atoms with Gasteiger partial charge in [0, 0.05) is 55.5 Å². The van der Waals surface area contributed by atoms with Crippen molar-refractivity contribution in [3.05, 3.63) is 70.3 Å². The first-order chi connectivity index (χ1) is 14.0. The number of aromatic nitrogens is 3. The Morgan fingerprint density at radius 1 is 1.17 bits per heavy atom. The summed E-state index contributed by atoms with van der Waals surface area (Å²) in [7, 11) is 3.80. The van der Waals surface area contributed by atoms with Crippen molar-refractivity contribution >= 4 is 17.8 Å². The van der Waals surface area contributed by atoms with Gasteiger partial charge in [0.1, 0.15) is 0 Å². The molecule has 2 aromatic heterocycles. The summed E-state index contributed by atoms with van der Waals surface area (Å²) >= 11 is 6.09. The van der Waals surface area contributed by atoms with E-state index in [4.69, 9.17) is 11.6 Å². The number of aryl methyl sites for hydroxylation is 1. The summed E-state index contributed by atoms with van der Waals surface area (Å²) in [4.78, 5) is 6.84. The number of hydrogen-bond donors (Lipinski definition) is 0. The van der Waals surface area contributed by atoms with E-state index in [1.165, 1.54) is 29.5 Å². The number of piperidine rings is 1. The average molecular weight is 410 g/mol. The van der Waals surface area contributed by atoms with Crippen LogP contribution in [-0.4, -0.2) is 45.6 Å². The molecule has 0 N–H and O–H groups in total. The van der Waals surface area contributed by atoms with Gasteiger partial charge in [0.2, 0.25) is 0 Å². The molecule has 0 saturated carbocycles. The summed E-state index contributed by atoms with van der Waals surface area (Å²) in [5.41, 5.74) is 6.33. The topological polar surface area (TPSA) is 38.4 Å². The lowest BCUT2D eigenvalue weighted by atomic mass is 9.88. The van der Waals surface area contributed by atoms with Crippen LogP contribution in [0.4, 0.5) is 0 Å². The Hall–Kier alpha value is -2.37. The van der Waals surface area contributed by atoms with Gasteiger partial charge in [-0.3, -0.25) is 14.6 Å². The summed E-state index contributed by atoms with van der Waals surface area (Å²) in [6.45, 7) is 5.44. The van der Waals surface area contributed by atoms with E-state index in [2.05, 4.69) is 51.0 Å². The lowest BCUT2D eigenvalue weighted by molar-refractivity contribution is 0.204. The molecule has 152 valence electrons. The first-order valence-corrected chi connectivity index (χ1v) is 10.5. The maximum absolute atomic E-state index is 6.09. The van der Waals surface area contributed by atoms with Crippen molar-refractivity contribution in [3.63, 3.8) is 0 Å². The predicted octanol–water partition coefficient (Wildman–Crippen LogP) is 4.60. The van der Waals surface area contributed by atoms with Crippen LogP contribution in [0.1, 0.15) is 41.1 Å². The van der Waals surface area contributed by atoms with Gasteiger partial charge in [-0.15, -0.1) is 0 Å². The van der Waals surface area contributed by atoms with Gasteiger partial charge < -0.3 is 4.57 Å². The normalized spacial score (nSPS) is 16.1. The molecule has 1 aliphatic rings. The molecule has 0 unspecified atom stereocenters. The minimum absolute atomic E-state index is 0.581. The van der Waals surface area contributed by atoms with E-state index in [1.807, 2.05) is 43.3 Å². The van der Waals surface area contributed by atoms with Crippen LogP contribution in [0.2, 0.25) is 5.02 Å². The van der Waals surface area contributed by atoms with Crippen LogP contribution in [-0.2, 0) is 13.6 Å². The zero-order chi connectivity index (χ0) is 20.4. The molecule has 0 spiro atoms. The first-order valence-electron chi connectivity index (χ1n) is 10.1. The number of hydrogen-bond acceptors (Lipinski definition) is 3. The molecule has 0 aliphatic carbocycles. The molecule has 1 fully saturated rings. The quantitative estimate of drug-likeness (QED) is 0.577. The average Bonchev–Trinajstić information content (AvgIpc) is 3.27. The monoisotopic (exact) mass is 409 g/mol. The van der Waals surface area contributed by atoms with E-state index < -0.39 is 0 Å². The van der Waals surface area contributed by atoms with Gasteiger partial charge in [0.25, 0.3) is 0 Å². The number of halogens is 1. The Labute approximate surface area is 177 Å². The molecule has 0 amide bonds. The third-order valence-corrected chi connectivity index (χ3v) is 6.15. The molecule has 0 radical (unpaired) electrons. The second-order valence-corrected chi connectivity index (χ2v) is 8.34. The van der Waals surface area contributed by atoms with Crippen molar-refractivity contribution in [2.75, 3.05) is 20.1 Å². The summed E-state index contributed by atoms with van der Waals surface area (Å²) in [6.07, 6.45) is 10.7. The molecule has 4 rings (SSSR count). The van der Waals surface area contributed by atoms with Crippen molar-refractivity contribution in [1.82, 2.24) is 19.2 Å². The molecular weight excluding hydrogens is 382 g/mol. The van der Waals surface area contributed by atoms with E-state index >= 15 is 0 Å². The number of rotatable bonds is 5. The number of benzene rings is 1. The van der Waals surface area contributed by atoms with Crippen LogP contribution in [0.3, 0.4) is 0 Å². The standard InChI is InChI=1S/C23H28ClN5/c1-17-22(16-29(23(17)13-25-2)21-6-4-20(24)5-7-21)19-8-10-28(11-9-19)15-18-12-26-27(3)14-18/h4-7,12-14,16,19H,8-11,15H2,1-3H3/b25-13-. The molecule has 3 heterocycles. The maximum Gasteiger partial charge on any atom is 0.0666 e. The molecule has 0 bridgehead atoms. The van der Waals surface area contributed by atoms with Crippen molar-refractivity contribution in [3.8, 4) is 5.69 Å². The van der Waals surface area contributed by atoms with Gasteiger partial charge in [0.15, 0.2) is 0 Å². The number of aliphatic imine (C=N–C) groups is 1. The Kier molecular flexibility index (Phi) is 5.88. The van der Waals surface area contributed by atoms with Crippen LogP contribution < -0.4 is 0 Å². The molecular formula is C23H28ClN5. The molecule has 3 aromatic rings. The minimum Gasteiger partial charge on any atom is -0.315 e. The van der Waals surface area contributed by atoms with Crippen molar-refractivity contribution in [2.45, 2.75) is 32.2 Å². The van der Waals surface area contributed by atoms with Gasteiger partial charge in [-0.1, -0.05) is 11.6 Å². The Balaban J connectivity index is 1.53. The SMILES string of the molecule is C/N=C\c1c(C)c(C2CCN(Cc3cnn(C)c3)CC2)cn1-c1ccc(Cl)cc1. The minimum atomic E-state index is 0.581. The molecule has 1 aliphatic heterocycles. The van der Waals surface area contributed by atoms with E-state index in [-0.39, 0.29) is 0 Å². The van der Waals surface area contributed by atoms with Gasteiger partial charge >= 0.3 is 0 Å². The zero-order valence-corrected chi connectivity index (χ0v) is 18.1. The van der Waals surface area contributed by atoms with Crippen LogP contribution in [0, 0.1) is 6.92 Å². The number of nitrogens with zero attached hydrogens (tertiary/aromatic N) is 5. The van der Waals surface area contributed by atoms with Crippen LogP contribution in [0.5, 0.6) is 0 Å². The summed E-state index contributed by atoms with van der Waals surface area (Å²) in [6, 6.07) is 8.01. The summed E-state index contributed by atoms with van der Waals surface area (Å²) in [5, 5.41) is 5.04. The highest BCUT2D eigenvalue weighted by Gasteiger charge is 2.25. The van der Waals surface area contributed by atoms with Crippen LogP contribution in [0.15, 0.2) is 47.8 Å². The lowest BCUT2D eigenvalue weighted by Gasteiger charge is -2.31. The number of likely N-dealkylation sites (tertiary alicyclic amines) is 1. The van der Waals surface area contributed by atoms with E-state index in [1.54, 1.807) is 0 Å². The Morgan fingerprint density at radius 2 is 1.90 bits per heavy atom. The fourth-order valence-corrected chi connectivity index (χ4v) is 4.48. The van der Waals surface area contributed by atoms with Crippen LogP contribution in [0.25, 0.3) is 5.69 Å². The molecule has 29 heavy (non-hydrogen) atoms. The van der Waals surface area contributed by atoms with Gasteiger partial charge in [0.05, 0.1) is 11.9 Å². The lowest BCUT2D eigenvalue weighted by Crippen LogP contribution is -2.32. The van der Waals surface area contributed by atoms with Gasteiger partial charge in [-0.05, 0) is 74.2 Å². The predicted molar refractivity (Wildman–Crippen MR) is 119 cm³/mol. The maximum atomic E-state index is 6.09. The molecule has 5 nitrogen and oxygen atoms in total. The van der Waals surface area contributed by atoms with Crippen LogP contribution >= 0.6 is 11.6 Å². The second kappa shape index (κ2) is 8.56. The van der Waals surface area contributed by atoms with Gasteiger partial charge in [-0.25, -0.2) is 0 Å². The highest BCUT2D eigenvalue weighted by atomic mass is 35.5.